The predicted molar refractivity (Wildman–Crippen MR) is 99.6 cm³/mol. The van der Waals surface area contributed by atoms with Gasteiger partial charge in [0.2, 0.25) is 0 Å². The van der Waals surface area contributed by atoms with Gasteiger partial charge in [0.1, 0.15) is 11.5 Å². The van der Waals surface area contributed by atoms with E-state index in [2.05, 4.69) is 13.5 Å². The van der Waals surface area contributed by atoms with Gasteiger partial charge < -0.3 is 14.2 Å². The molecule has 0 radical (unpaired) electrons. The van der Waals surface area contributed by atoms with E-state index in [1.807, 2.05) is 13.0 Å². The minimum absolute atomic E-state index is 0.209. The molecule has 2 bridgehead atoms. The maximum absolute atomic E-state index is 12.9. The topological polar surface area (TPSA) is 78.9 Å². The lowest BCUT2D eigenvalue weighted by molar-refractivity contribution is -0.173. The summed E-state index contributed by atoms with van der Waals surface area (Å²) in [6.45, 7) is 9.61. The SMILES string of the molecule is C=CC(=O)OC12CC(C=C1C)C(C(=O)OCC)C2C(=O)OCCCCCC. The van der Waals surface area contributed by atoms with Crippen LogP contribution in [0.1, 0.15) is 52.9 Å². The Morgan fingerprint density at radius 2 is 1.93 bits per heavy atom. The number of carbonyl (C=O) groups excluding carboxylic acids is 3. The second-order valence-corrected chi connectivity index (χ2v) is 7.22. The molecule has 0 heterocycles. The number of esters is 3. The van der Waals surface area contributed by atoms with Gasteiger partial charge in [-0.05, 0) is 38.2 Å². The quantitative estimate of drug-likeness (QED) is 0.191. The molecule has 4 unspecified atom stereocenters. The third-order valence-corrected chi connectivity index (χ3v) is 5.50. The molecule has 6 nitrogen and oxygen atoms in total. The maximum atomic E-state index is 12.9. The van der Waals surface area contributed by atoms with Crippen molar-refractivity contribution in [1.82, 2.24) is 0 Å². The van der Waals surface area contributed by atoms with Gasteiger partial charge in [0, 0.05) is 6.08 Å². The Labute approximate surface area is 160 Å². The highest BCUT2D eigenvalue weighted by molar-refractivity contribution is 5.88. The van der Waals surface area contributed by atoms with E-state index in [1.165, 1.54) is 0 Å². The minimum atomic E-state index is -1.16. The summed E-state index contributed by atoms with van der Waals surface area (Å²) in [6, 6.07) is 0. The highest BCUT2D eigenvalue weighted by Crippen LogP contribution is 2.57. The van der Waals surface area contributed by atoms with Crippen LogP contribution in [0.15, 0.2) is 24.3 Å². The molecule has 1 saturated carbocycles. The number of unbranched alkanes of at least 4 members (excludes halogenated alkanes) is 3. The van der Waals surface area contributed by atoms with Gasteiger partial charge in [0.25, 0.3) is 0 Å². The molecule has 2 rings (SSSR count). The fourth-order valence-corrected chi connectivity index (χ4v) is 4.26. The van der Waals surface area contributed by atoms with Crippen molar-refractivity contribution < 1.29 is 28.6 Å². The van der Waals surface area contributed by atoms with Crippen LogP contribution in [0.3, 0.4) is 0 Å². The van der Waals surface area contributed by atoms with Gasteiger partial charge in [-0.2, -0.15) is 0 Å². The average Bonchev–Trinajstić information content (AvgIpc) is 3.12. The van der Waals surface area contributed by atoms with Crippen LogP contribution in [0, 0.1) is 17.8 Å². The molecule has 27 heavy (non-hydrogen) atoms. The van der Waals surface area contributed by atoms with E-state index in [4.69, 9.17) is 14.2 Å². The molecule has 0 aromatic carbocycles. The van der Waals surface area contributed by atoms with Crippen molar-refractivity contribution in [1.29, 1.82) is 0 Å². The number of hydrogen-bond acceptors (Lipinski definition) is 6. The number of rotatable bonds is 10. The van der Waals surface area contributed by atoms with Crippen LogP contribution in [0.4, 0.5) is 0 Å². The first-order valence-corrected chi connectivity index (χ1v) is 9.78. The van der Waals surface area contributed by atoms with E-state index in [-0.39, 0.29) is 12.5 Å². The summed E-state index contributed by atoms with van der Waals surface area (Å²) in [5, 5.41) is 0. The third kappa shape index (κ3) is 4.25. The Hall–Kier alpha value is -2.11. The summed E-state index contributed by atoms with van der Waals surface area (Å²) in [7, 11) is 0. The Balaban J connectivity index is 2.23. The molecule has 0 amide bonds. The molecule has 2 aliphatic rings. The lowest BCUT2D eigenvalue weighted by atomic mass is 9.77. The van der Waals surface area contributed by atoms with E-state index < -0.39 is 35.3 Å². The molecule has 0 N–H and O–H groups in total. The van der Waals surface area contributed by atoms with Gasteiger partial charge in [-0.3, -0.25) is 9.59 Å². The van der Waals surface area contributed by atoms with Crippen LogP contribution < -0.4 is 0 Å². The first-order valence-electron chi connectivity index (χ1n) is 9.78. The van der Waals surface area contributed by atoms with E-state index in [9.17, 15) is 14.4 Å². The first-order chi connectivity index (χ1) is 12.9. The Morgan fingerprint density at radius 3 is 2.56 bits per heavy atom. The minimum Gasteiger partial charge on any atom is -0.466 e. The fraction of sp³-hybridized carbons (Fsp3) is 0.667. The van der Waals surface area contributed by atoms with E-state index >= 15 is 0 Å². The zero-order valence-electron chi connectivity index (χ0n) is 16.5. The lowest BCUT2D eigenvalue weighted by Gasteiger charge is -2.36. The maximum Gasteiger partial charge on any atom is 0.331 e. The zero-order chi connectivity index (χ0) is 20.0. The molecule has 2 aliphatic carbocycles. The van der Waals surface area contributed by atoms with Crippen molar-refractivity contribution in [3.05, 3.63) is 24.3 Å². The molecular weight excluding hydrogens is 348 g/mol. The van der Waals surface area contributed by atoms with Crippen molar-refractivity contribution in [2.75, 3.05) is 13.2 Å². The highest BCUT2D eigenvalue weighted by Gasteiger charge is 2.66. The van der Waals surface area contributed by atoms with Crippen LogP contribution >= 0.6 is 0 Å². The summed E-state index contributed by atoms with van der Waals surface area (Å²) in [4.78, 5) is 37.4. The van der Waals surface area contributed by atoms with E-state index in [0.717, 1.165) is 37.3 Å². The van der Waals surface area contributed by atoms with Gasteiger partial charge in [-0.1, -0.05) is 38.8 Å². The monoisotopic (exact) mass is 378 g/mol. The Morgan fingerprint density at radius 1 is 1.19 bits per heavy atom. The smallest absolute Gasteiger partial charge is 0.331 e. The number of fused-ring (bicyclic) bond motifs is 2. The Bertz CT molecular complexity index is 622. The summed E-state index contributed by atoms with van der Waals surface area (Å²) in [5.74, 6) is -3.36. The predicted octanol–water partition coefficient (Wildman–Crippen LogP) is 3.35. The van der Waals surface area contributed by atoms with Gasteiger partial charge >= 0.3 is 17.9 Å². The number of hydrogen-bond donors (Lipinski definition) is 0. The summed E-state index contributed by atoms with van der Waals surface area (Å²) in [5.41, 5.74) is -0.385. The number of allylic oxidation sites excluding steroid dienone is 1. The normalized spacial score (nSPS) is 28.4. The summed E-state index contributed by atoms with van der Waals surface area (Å²) in [6.07, 6.45) is 7.29. The second kappa shape index (κ2) is 9.20. The lowest BCUT2D eigenvalue weighted by Crippen LogP contribution is -2.48. The molecule has 0 aliphatic heterocycles. The van der Waals surface area contributed by atoms with Crippen molar-refractivity contribution in [2.24, 2.45) is 17.8 Å². The summed E-state index contributed by atoms with van der Waals surface area (Å²) < 4.78 is 16.3. The first kappa shape index (κ1) is 21.2. The highest BCUT2D eigenvalue weighted by atomic mass is 16.6. The van der Waals surface area contributed by atoms with Gasteiger partial charge in [0.15, 0.2) is 0 Å². The molecule has 0 aromatic heterocycles. The fourth-order valence-electron chi connectivity index (χ4n) is 4.26. The standard InChI is InChI=1S/C21H30O6/c1-5-8-9-10-11-26-20(24)18-17(19(23)25-7-3)15-12-14(4)21(18,13-15)27-16(22)6-2/h6,12,15,17-18H,2,5,7-11,13H2,1,3-4H3. The Kier molecular flexibility index (Phi) is 7.22. The van der Waals surface area contributed by atoms with Crippen molar-refractivity contribution in [2.45, 2.75) is 58.5 Å². The van der Waals surface area contributed by atoms with Crippen molar-refractivity contribution >= 4 is 17.9 Å². The van der Waals surface area contributed by atoms with Crippen molar-refractivity contribution in [3.63, 3.8) is 0 Å². The molecule has 0 aromatic rings. The molecule has 1 fully saturated rings. The van der Waals surface area contributed by atoms with Crippen LogP contribution in [0.2, 0.25) is 0 Å². The molecule has 4 atom stereocenters. The average molecular weight is 378 g/mol. The van der Waals surface area contributed by atoms with Crippen molar-refractivity contribution in [3.8, 4) is 0 Å². The molecular formula is C21H30O6. The molecule has 0 spiro atoms. The van der Waals surface area contributed by atoms with E-state index in [0.29, 0.717) is 13.0 Å². The molecule has 0 saturated heterocycles. The summed E-state index contributed by atoms with van der Waals surface area (Å²) >= 11 is 0. The van der Waals surface area contributed by atoms with Gasteiger partial charge in [-0.15, -0.1) is 0 Å². The number of carbonyl (C=O) groups is 3. The van der Waals surface area contributed by atoms with Gasteiger partial charge in [0.05, 0.1) is 19.1 Å². The zero-order valence-corrected chi connectivity index (χ0v) is 16.5. The largest absolute Gasteiger partial charge is 0.466 e. The molecule has 150 valence electrons. The molecule has 6 heteroatoms. The van der Waals surface area contributed by atoms with Crippen LogP contribution in [-0.4, -0.2) is 36.7 Å². The number of ether oxygens (including phenoxy) is 3. The van der Waals surface area contributed by atoms with Gasteiger partial charge in [-0.25, -0.2) is 4.79 Å². The van der Waals surface area contributed by atoms with Crippen LogP contribution in [0.25, 0.3) is 0 Å². The van der Waals surface area contributed by atoms with Crippen LogP contribution in [-0.2, 0) is 28.6 Å². The van der Waals surface area contributed by atoms with E-state index in [1.54, 1.807) is 6.92 Å². The van der Waals surface area contributed by atoms with Crippen LogP contribution in [0.5, 0.6) is 0 Å². The second-order valence-electron chi connectivity index (χ2n) is 7.22. The third-order valence-electron chi connectivity index (χ3n) is 5.50.